The molecule has 3 heterocycles. The van der Waals surface area contributed by atoms with Gasteiger partial charge in [-0.3, -0.25) is 0 Å². The van der Waals surface area contributed by atoms with Crippen LogP contribution in [0.2, 0.25) is 5.15 Å². The maximum absolute atomic E-state index is 11.1. The maximum atomic E-state index is 11.1. The van der Waals surface area contributed by atoms with Crippen LogP contribution in [0.25, 0.3) is 10.2 Å². The molecule has 1 fully saturated rings. The van der Waals surface area contributed by atoms with Gasteiger partial charge in [0.05, 0.1) is 29.1 Å². The van der Waals surface area contributed by atoms with Gasteiger partial charge in [0.1, 0.15) is 10.0 Å². The third kappa shape index (κ3) is 2.39. The molecular weight excluding hydrogens is 288 g/mol. The van der Waals surface area contributed by atoms with Crippen LogP contribution in [-0.2, 0) is 4.74 Å². The van der Waals surface area contributed by atoms with E-state index in [9.17, 15) is 4.79 Å². The van der Waals surface area contributed by atoms with Crippen molar-refractivity contribution in [3.63, 3.8) is 0 Å². The number of hydrogen-bond acceptors (Lipinski definition) is 5. The first-order chi connectivity index (χ1) is 9.15. The highest BCUT2D eigenvalue weighted by Gasteiger charge is 2.19. The molecule has 0 unspecified atom stereocenters. The first-order valence-corrected chi connectivity index (χ1v) is 7.00. The molecule has 0 aromatic carbocycles. The number of carboxylic acids is 1. The number of rotatable bonds is 2. The lowest BCUT2D eigenvalue weighted by molar-refractivity contribution is 0.0702. The van der Waals surface area contributed by atoms with E-state index in [1.807, 2.05) is 0 Å². The molecule has 2 aromatic rings. The zero-order valence-electron chi connectivity index (χ0n) is 9.93. The molecule has 1 aliphatic rings. The molecule has 1 saturated heterocycles. The first-order valence-electron chi connectivity index (χ1n) is 5.81. The van der Waals surface area contributed by atoms with Crippen LogP contribution < -0.4 is 4.90 Å². The molecule has 3 rings (SSSR count). The fourth-order valence-corrected chi connectivity index (χ4v) is 3.29. The minimum Gasteiger partial charge on any atom is -0.477 e. The number of halogens is 1. The van der Waals surface area contributed by atoms with Crippen LogP contribution in [0, 0.1) is 0 Å². The van der Waals surface area contributed by atoms with Gasteiger partial charge in [-0.1, -0.05) is 11.6 Å². The Morgan fingerprint density at radius 3 is 2.84 bits per heavy atom. The Hall–Kier alpha value is -1.37. The number of carboxylic acid groups (broad SMARTS) is 1. The summed E-state index contributed by atoms with van der Waals surface area (Å²) in [5.41, 5.74) is 1.58. The number of nitrogens with zero attached hydrogens (tertiary/aromatic N) is 2. The molecule has 5 nitrogen and oxygen atoms in total. The Kier molecular flexibility index (Phi) is 3.30. The minimum atomic E-state index is -0.938. The number of carbonyl (C=O) groups is 1. The van der Waals surface area contributed by atoms with Crippen molar-refractivity contribution in [3.8, 4) is 0 Å². The molecule has 1 aliphatic heterocycles. The van der Waals surface area contributed by atoms with Gasteiger partial charge in [-0.05, 0) is 6.07 Å². The van der Waals surface area contributed by atoms with E-state index in [4.69, 9.17) is 21.4 Å². The van der Waals surface area contributed by atoms with Crippen molar-refractivity contribution < 1.29 is 14.6 Å². The van der Waals surface area contributed by atoms with Crippen LogP contribution >= 0.6 is 22.9 Å². The van der Waals surface area contributed by atoms with Crippen molar-refractivity contribution in [1.29, 1.82) is 0 Å². The number of thiophene rings is 1. The summed E-state index contributed by atoms with van der Waals surface area (Å²) in [5.74, 6) is -0.938. The van der Waals surface area contributed by atoms with Crippen molar-refractivity contribution in [2.24, 2.45) is 0 Å². The molecule has 19 heavy (non-hydrogen) atoms. The second-order valence-electron chi connectivity index (χ2n) is 4.19. The lowest BCUT2D eigenvalue weighted by atomic mass is 10.3. The van der Waals surface area contributed by atoms with Crippen molar-refractivity contribution in [1.82, 2.24) is 4.98 Å². The number of morpholine rings is 1. The Bertz CT molecular complexity index is 637. The van der Waals surface area contributed by atoms with Gasteiger partial charge in [0.25, 0.3) is 0 Å². The lowest BCUT2D eigenvalue weighted by Crippen LogP contribution is -2.36. The van der Waals surface area contributed by atoms with E-state index in [1.54, 1.807) is 12.1 Å². The fourth-order valence-electron chi connectivity index (χ4n) is 2.12. The largest absolute Gasteiger partial charge is 0.477 e. The number of fused-ring (bicyclic) bond motifs is 1. The van der Waals surface area contributed by atoms with Gasteiger partial charge in [-0.2, -0.15) is 0 Å². The highest BCUT2D eigenvalue weighted by molar-refractivity contribution is 7.21. The van der Waals surface area contributed by atoms with Gasteiger partial charge in [0, 0.05) is 19.2 Å². The summed E-state index contributed by atoms with van der Waals surface area (Å²) in [6, 6.07) is 3.36. The zero-order chi connectivity index (χ0) is 13.4. The standard InChI is InChI=1S/C12H11ClN2O3S/c13-10-6-8(15-1-3-18-4-2-15)11-7(14-10)5-9(19-11)12(16)17/h5-6H,1-4H2,(H,16,17). The molecule has 0 amide bonds. The highest BCUT2D eigenvalue weighted by Crippen LogP contribution is 2.35. The van der Waals surface area contributed by atoms with Crippen LogP contribution in [0.4, 0.5) is 5.69 Å². The van der Waals surface area contributed by atoms with Crippen LogP contribution in [0.1, 0.15) is 9.67 Å². The highest BCUT2D eigenvalue weighted by atomic mass is 35.5. The maximum Gasteiger partial charge on any atom is 0.345 e. The molecule has 0 atom stereocenters. The van der Waals surface area contributed by atoms with Crippen LogP contribution in [0.15, 0.2) is 12.1 Å². The molecule has 0 bridgehead atoms. The van der Waals surface area contributed by atoms with E-state index in [2.05, 4.69) is 9.88 Å². The molecule has 7 heteroatoms. The van der Waals surface area contributed by atoms with Crippen molar-refractivity contribution in [2.75, 3.05) is 31.2 Å². The molecule has 0 saturated carbocycles. The summed E-state index contributed by atoms with van der Waals surface area (Å²) in [5, 5.41) is 9.45. The Balaban J connectivity index is 2.13. The van der Waals surface area contributed by atoms with E-state index >= 15 is 0 Å². The molecule has 2 aromatic heterocycles. The van der Waals surface area contributed by atoms with Gasteiger partial charge in [-0.25, -0.2) is 9.78 Å². The summed E-state index contributed by atoms with van der Waals surface area (Å²) >= 11 is 7.25. The van der Waals surface area contributed by atoms with Gasteiger partial charge in [0.15, 0.2) is 0 Å². The normalized spacial score (nSPS) is 15.9. The Morgan fingerprint density at radius 2 is 2.16 bits per heavy atom. The second kappa shape index (κ2) is 4.96. The number of anilines is 1. The molecule has 0 radical (unpaired) electrons. The molecular formula is C12H11ClN2O3S. The number of aromatic nitrogens is 1. The van der Waals surface area contributed by atoms with Gasteiger partial charge < -0.3 is 14.7 Å². The average Bonchev–Trinajstić information content (AvgIpc) is 2.82. The van der Waals surface area contributed by atoms with Gasteiger partial charge >= 0.3 is 5.97 Å². The van der Waals surface area contributed by atoms with Gasteiger partial charge in [-0.15, -0.1) is 11.3 Å². The quantitative estimate of drug-likeness (QED) is 0.863. The predicted molar refractivity (Wildman–Crippen MR) is 74.6 cm³/mol. The van der Waals surface area contributed by atoms with E-state index in [1.165, 1.54) is 11.3 Å². The van der Waals surface area contributed by atoms with E-state index < -0.39 is 5.97 Å². The monoisotopic (exact) mass is 298 g/mol. The molecule has 1 N–H and O–H groups in total. The van der Waals surface area contributed by atoms with Crippen molar-refractivity contribution >= 4 is 44.8 Å². The van der Waals surface area contributed by atoms with Crippen LogP contribution in [0.5, 0.6) is 0 Å². The first kappa shape index (κ1) is 12.7. The summed E-state index contributed by atoms with van der Waals surface area (Å²) in [6.07, 6.45) is 0. The predicted octanol–water partition coefficient (Wildman–Crippen LogP) is 2.48. The van der Waals surface area contributed by atoms with E-state index in [0.717, 1.165) is 23.5 Å². The summed E-state index contributed by atoms with van der Waals surface area (Å²) in [6.45, 7) is 2.88. The van der Waals surface area contributed by atoms with Crippen LogP contribution in [0.3, 0.4) is 0 Å². The third-order valence-electron chi connectivity index (χ3n) is 2.99. The molecule has 0 aliphatic carbocycles. The summed E-state index contributed by atoms with van der Waals surface area (Å²) in [7, 11) is 0. The second-order valence-corrected chi connectivity index (χ2v) is 5.63. The van der Waals surface area contributed by atoms with Crippen LogP contribution in [-0.4, -0.2) is 42.4 Å². The fraction of sp³-hybridized carbons (Fsp3) is 0.333. The molecule has 100 valence electrons. The van der Waals surface area contributed by atoms with Crippen molar-refractivity contribution in [3.05, 3.63) is 22.2 Å². The topological polar surface area (TPSA) is 62.7 Å². The summed E-state index contributed by atoms with van der Waals surface area (Å²) in [4.78, 5) is 17.7. The number of hydrogen-bond donors (Lipinski definition) is 1. The minimum absolute atomic E-state index is 0.277. The average molecular weight is 299 g/mol. The number of pyridine rings is 1. The number of aromatic carboxylic acids is 1. The lowest BCUT2D eigenvalue weighted by Gasteiger charge is -2.29. The van der Waals surface area contributed by atoms with E-state index in [-0.39, 0.29) is 4.88 Å². The molecule has 0 spiro atoms. The summed E-state index contributed by atoms with van der Waals surface area (Å²) < 4.78 is 6.19. The third-order valence-corrected chi connectivity index (χ3v) is 4.32. The van der Waals surface area contributed by atoms with E-state index in [0.29, 0.717) is 23.9 Å². The SMILES string of the molecule is O=C(O)c1cc2nc(Cl)cc(N3CCOCC3)c2s1. The van der Waals surface area contributed by atoms with Gasteiger partial charge in [0.2, 0.25) is 0 Å². The smallest absolute Gasteiger partial charge is 0.345 e. The zero-order valence-corrected chi connectivity index (χ0v) is 11.5. The Morgan fingerprint density at radius 1 is 1.42 bits per heavy atom. The number of ether oxygens (including phenoxy) is 1. The van der Waals surface area contributed by atoms with Crippen molar-refractivity contribution in [2.45, 2.75) is 0 Å². The Labute approximate surface area is 118 Å².